The van der Waals surface area contributed by atoms with Gasteiger partial charge in [-0.15, -0.1) is 0 Å². The number of anilines is 1. The number of aliphatic hydroxyl groups is 1. The molecule has 0 aromatic heterocycles. The van der Waals surface area contributed by atoms with Crippen LogP contribution in [0.4, 0.5) is 11.4 Å². The highest BCUT2D eigenvalue weighted by molar-refractivity contribution is 5.94. The molecule has 0 radical (unpaired) electrons. The van der Waals surface area contributed by atoms with Crippen molar-refractivity contribution < 1.29 is 14.8 Å². The zero-order valence-electron chi connectivity index (χ0n) is 10.3. The molecule has 1 aliphatic carbocycles. The number of nitrogens with two attached hydrogens (primary N) is 1. The van der Waals surface area contributed by atoms with Crippen LogP contribution in [0.1, 0.15) is 23.2 Å². The molecule has 0 atom stereocenters. The van der Waals surface area contributed by atoms with Crippen molar-refractivity contribution in [2.24, 2.45) is 5.73 Å². The fraction of sp³-hybridized carbons (Fsp3) is 0.417. The van der Waals surface area contributed by atoms with Crippen LogP contribution in [0.5, 0.6) is 0 Å². The van der Waals surface area contributed by atoms with E-state index in [1.807, 2.05) is 4.90 Å². The maximum atomic E-state index is 11.1. The summed E-state index contributed by atoms with van der Waals surface area (Å²) in [6, 6.07) is 4.40. The molecule has 0 unspecified atom stereocenters. The van der Waals surface area contributed by atoms with Crippen molar-refractivity contribution in [2.75, 3.05) is 18.1 Å². The van der Waals surface area contributed by atoms with Crippen LogP contribution >= 0.6 is 0 Å². The molecule has 7 nitrogen and oxygen atoms in total. The number of nitrogens with zero attached hydrogens (tertiary/aromatic N) is 2. The summed E-state index contributed by atoms with van der Waals surface area (Å²) in [6.07, 6.45) is 1.91. The largest absolute Gasteiger partial charge is 0.395 e. The Morgan fingerprint density at radius 3 is 2.68 bits per heavy atom. The van der Waals surface area contributed by atoms with Gasteiger partial charge in [0, 0.05) is 24.2 Å². The number of aliphatic hydroxyl groups excluding tert-OH is 1. The molecule has 7 heteroatoms. The summed E-state index contributed by atoms with van der Waals surface area (Å²) in [6.45, 7) is 0.257. The lowest BCUT2D eigenvalue weighted by molar-refractivity contribution is -0.384. The number of amides is 1. The standard InChI is InChI=1S/C12H15N3O4/c13-12(17)8-1-4-10(11(7-8)15(18)19)14(5-6-16)9-2-3-9/h1,4,7,9,16H,2-3,5-6H2,(H2,13,17). The molecule has 102 valence electrons. The van der Waals surface area contributed by atoms with Crippen LogP contribution in [0.15, 0.2) is 18.2 Å². The van der Waals surface area contributed by atoms with Gasteiger partial charge < -0.3 is 15.7 Å². The lowest BCUT2D eigenvalue weighted by Gasteiger charge is -2.23. The normalized spacial score (nSPS) is 14.2. The van der Waals surface area contributed by atoms with Crippen molar-refractivity contribution in [3.63, 3.8) is 0 Å². The van der Waals surface area contributed by atoms with Crippen molar-refractivity contribution in [3.8, 4) is 0 Å². The topological polar surface area (TPSA) is 110 Å². The Labute approximate surface area is 109 Å². The van der Waals surface area contributed by atoms with E-state index in [-0.39, 0.29) is 23.9 Å². The number of primary amides is 1. The summed E-state index contributed by atoms with van der Waals surface area (Å²) in [5, 5.41) is 20.2. The van der Waals surface area contributed by atoms with E-state index in [1.54, 1.807) is 0 Å². The zero-order valence-corrected chi connectivity index (χ0v) is 10.3. The Kier molecular flexibility index (Phi) is 3.66. The fourth-order valence-electron chi connectivity index (χ4n) is 2.06. The molecular weight excluding hydrogens is 250 g/mol. The maximum absolute atomic E-state index is 11.1. The van der Waals surface area contributed by atoms with Gasteiger partial charge in [0.25, 0.3) is 5.69 Å². The minimum absolute atomic E-state index is 0.0781. The average Bonchev–Trinajstić information content (AvgIpc) is 3.19. The van der Waals surface area contributed by atoms with Crippen LogP contribution in [0.25, 0.3) is 0 Å². The third-order valence-corrected chi connectivity index (χ3v) is 3.09. The Balaban J connectivity index is 2.42. The molecule has 1 aromatic carbocycles. The molecule has 1 aromatic rings. The van der Waals surface area contributed by atoms with E-state index >= 15 is 0 Å². The predicted octanol–water partition coefficient (Wildman–Crippen LogP) is 0.655. The number of hydrogen-bond acceptors (Lipinski definition) is 5. The van der Waals surface area contributed by atoms with Crippen LogP contribution in [0.2, 0.25) is 0 Å². The average molecular weight is 265 g/mol. The number of rotatable bonds is 6. The first kappa shape index (κ1) is 13.3. The van der Waals surface area contributed by atoms with Crippen molar-refractivity contribution >= 4 is 17.3 Å². The van der Waals surface area contributed by atoms with E-state index in [0.29, 0.717) is 12.2 Å². The lowest BCUT2D eigenvalue weighted by atomic mass is 10.1. The molecule has 2 rings (SSSR count). The molecule has 19 heavy (non-hydrogen) atoms. The van der Waals surface area contributed by atoms with Gasteiger partial charge in [-0.1, -0.05) is 0 Å². The van der Waals surface area contributed by atoms with E-state index in [2.05, 4.69) is 0 Å². The van der Waals surface area contributed by atoms with Crippen molar-refractivity contribution in [3.05, 3.63) is 33.9 Å². The van der Waals surface area contributed by atoms with Gasteiger partial charge in [-0.25, -0.2) is 0 Å². The number of carbonyl (C=O) groups excluding carboxylic acids is 1. The number of benzene rings is 1. The molecule has 0 aliphatic heterocycles. The van der Waals surface area contributed by atoms with Gasteiger partial charge in [0.2, 0.25) is 5.91 Å². The molecule has 0 heterocycles. The van der Waals surface area contributed by atoms with E-state index in [1.165, 1.54) is 18.2 Å². The van der Waals surface area contributed by atoms with Crippen molar-refractivity contribution in [1.29, 1.82) is 0 Å². The molecule has 1 amide bonds. The Morgan fingerprint density at radius 1 is 1.53 bits per heavy atom. The van der Waals surface area contributed by atoms with E-state index in [4.69, 9.17) is 10.8 Å². The monoisotopic (exact) mass is 265 g/mol. The van der Waals surface area contributed by atoms with E-state index in [0.717, 1.165) is 12.8 Å². The van der Waals surface area contributed by atoms with Gasteiger partial charge in [0.05, 0.1) is 11.5 Å². The van der Waals surface area contributed by atoms with Gasteiger partial charge in [-0.3, -0.25) is 14.9 Å². The molecule has 0 spiro atoms. The van der Waals surface area contributed by atoms with Gasteiger partial charge >= 0.3 is 0 Å². The molecular formula is C12H15N3O4. The summed E-state index contributed by atoms with van der Waals surface area (Å²) in [5.74, 6) is -0.699. The molecule has 0 saturated heterocycles. The van der Waals surface area contributed by atoms with Gasteiger partial charge in [0.15, 0.2) is 0 Å². The number of nitro benzene ring substituents is 1. The van der Waals surface area contributed by atoms with Crippen LogP contribution < -0.4 is 10.6 Å². The smallest absolute Gasteiger partial charge is 0.293 e. The summed E-state index contributed by atoms with van der Waals surface area (Å²) < 4.78 is 0. The Morgan fingerprint density at radius 2 is 2.21 bits per heavy atom. The van der Waals surface area contributed by atoms with Crippen molar-refractivity contribution in [1.82, 2.24) is 0 Å². The second-order valence-electron chi connectivity index (χ2n) is 4.47. The molecule has 1 aliphatic rings. The third-order valence-electron chi connectivity index (χ3n) is 3.09. The highest BCUT2D eigenvalue weighted by Gasteiger charge is 2.32. The first-order valence-electron chi connectivity index (χ1n) is 6.00. The highest BCUT2D eigenvalue weighted by Crippen LogP contribution is 2.37. The summed E-state index contributed by atoms with van der Waals surface area (Å²) in [4.78, 5) is 23.5. The second-order valence-corrected chi connectivity index (χ2v) is 4.47. The summed E-state index contributed by atoms with van der Waals surface area (Å²) >= 11 is 0. The van der Waals surface area contributed by atoms with E-state index < -0.39 is 10.8 Å². The second kappa shape index (κ2) is 5.23. The van der Waals surface area contributed by atoms with Crippen LogP contribution in [0.3, 0.4) is 0 Å². The van der Waals surface area contributed by atoms with Crippen LogP contribution in [-0.4, -0.2) is 35.1 Å². The third kappa shape index (κ3) is 2.82. The minimum atomic E-state index is -0.699. The van der Waals surface area contributed by atoms with Gasteiger partial charge in [-0.2, -0.15) is 0 Å². The first-order chi connectivity index (χ1) is 9.04. The van der Waals surface area contributed by atoms with E-state index in [9.17, 15) is 14.9 Å². The maximum Gasteiger partial charge on any atom is 0.293 e. The fourth-order valence-corrected chi connectivity index (χ4v) is 2.06. The Bertz CT molecular complexity index is 514. The lowest BCUT2D eigenvalue weighted by Crippen LogP contribution is -2.29. The number of carbonyl (C=O) groups is 1. The van der Waals surface area contributed by atoms with Gasteiger partial charge in [0.1, 0.15) is 5.69 Å². The van der Waals surface area contributed by atoms with Crippen LogP contribution in [-0.2, 0) is 0 Å². The summed E-state index contributed by atoms with van der Waals surface area (Å²) in [5.41, 5.74) is 5.50. The summed E-state index contributed by atoms with van der Waals surface area (Å²) in [7, 11) is 0. The molecule has 3 N–H and O–H groups in total. The SMILES string of the molecule is NC(=O)c1ccc(N(CCO)C2CC2)c([N+](=O)[O-])c1. The number of nitro groups is 1. The molecule has 1 fully saturated rings. The minimum Gasteiger partial charge on any atom is -0.395 e. The van der Waals surface area contributed by atoms with Gasteiger partial charge in [-0.05, 0) is 25.0 Å². The zero-order chi connectivity index (χ0) is 14.0. The van der Waals surface area contributed by atoms with Crippen molar-refractivity contribution in [2.45, 2.75) is 18.9 Å². The quantitative estimate of drug-likeness (QED) is 0.579. The Hall–Kier alpha value is -2.15. The van der Waals surface area contributed by atoms with Crippen LogP contribution in [0, 0.1) is 10.1 Å². The highest BCUT2D eigenvalue weighted by atomic mass is 16.6. The number of hydrogen-bond donors (Lipinski definition) is 2. The molecule has 1 saturated carbocycles. The molecule has 0 bridgehead atoms. The predicted molar refractivity (Wildman–Crippen MR) is 69.1 cm³/mol. The first-order valence-corrected chi connectivity index (χ1v) is 6.00.